The third-order valence-electron chi connectivity index (χ3n) is 3.18. The summed E-state index contributed by atoms with van der Waals surface area (Å²) in [4.78, 5) is 0. The molecule has 0 aliphatic heterocycles. The van der Waals surface area contributed by atoms with E-state index in [-0.39, 0.29) is 11.9 Å². The summed E-state index contributed by atoms with van der Waals surface area (Å²) in [6, 6.07) is 3.80. The smallest absolute Gasteiger partial charge is 0.128 e. The van der Waals surface area contributed by atoms with E-state index in [2.05, 4.69) is 17.5 Å². The van der Waals surface area contributed by atoms with Gasteiger partial charge in [0, 0.05) is 17.6 Å². The molecule has 3 heteroatoms. The lowest BCUT2D eigenvalue weighted by Gasteiger charge is -2.24. The highest BCUT2D eigenvalue weighted by molar-refractivity contribution is 5.22. The lowest BCUT2D eigenvalue weighted by Crippen LogP contribution is -2.32. The van der Waals surface area contributed by atoms with Gasteiger partial charge in [0.1, 0.15) is 11.6 Å². The molecule has 0 heterocycles. The van der Waals surface area contributed by atoms with E-state index in [0.717, 1.165) is 25.3 Å². The maximum atomic E-state index is 13.6. The van der Waals surface area contributed by atoms with Crippen molar-refractivity contribution in [3.05, 3.63) is 47.5 Å². The van der Waals surface area contributed by atoms with Crippen LogP contribution in [0, 0.1) is 11.6 Å². The van der Waals surface area contributed by atoms with Crippen LogP contribution in [0.4, 0.5) is 8.78 Å². The number of hydrogen-bond donors (Lipinski definition) is 1. The molecular formula is C14H17F2N. The molecular weight excluding hydrogens is 220 g/mol. The SMILES string of the molecule is CC(NC1CC=CCC1)c1cc(F)ccc1F. The molecule has 0 amide bonds. The number of hydrogen-bond acceptors (Lipinski definition) is 1. The summed E-state index contributed by atoms with van der Waals surface area (Å²) in [6.45, 7) is 1.87. The molecule has 2 rings (SSSR count). The van der Waals surface area contributed by atoms with Gasteiger partial charge in [-0.2, -0.15) is 0 Å². The lowest BCUT2D eigenvalue weighted by atomic mass is 9.99. The van der Waals surface area contributed by atoms with Gasteiger partial charge < -0.3 is 5.32 Å². The second-order valence-electron chi connectivity index (χ2n) is 4.54. The zero-order valence-electron chi connectivity index (χ0n) is 9.92. The van der Waals surface area contributed by atoms with Crippen molar-refractivity contribution >= 4 is 0 Å². The highest BCUT2D eigenvalue weighted by Gasteiger charge is 2.16. The molecule has 0 aromatic heterocycles. The highest BCUT2D eigenvalue weighted by Crippen LogP contribution is 2.21. The number of rotatable bonds is 3. The van der Waals surface area contributed by atoms with Crippen molar-refractivity contribution in [2.75, 3.05) is 0 Å². The largest absolute Gasteiger partial charge is 0.307 e. The molecule has 0 bridgehead atoms. The Hall–Kier alpha value is -1.22. The Labute approximate surface area is 101 Å². The van der Waals surface area contributed by atoms with E-state index in [1.165, 1.54) is 12.1 Å². The molecule has 0 radical (unpaired) electrons. The summed E-state index contributed by atoms with van der Waals surface area (Å²) < 4.78 is 26.6. The molecule has 1 aromatic carbocycles. The topological polar surface area (TPSA) is 12.0 Å². The maximum absolute atomic E-state index is 13.6. The summed E-state index contributed by atoms with van der Waals surface area (Å²) >= 11 is 0. The molecule has 0 fully saturated rings. The molecule has 1 aliphatic rings. The fraction of sp³-hybridized carbons (Fsp3) is 0.429. The Balaban J connectivity index is 2.05. The van der Waals surface area contributed by atoms with Crippen molar-refractivity contribution in [1.82, 2.24) is 5.32 Å². The van der Waals surface area contributed by atoms with E-state index in [4.69, 9.17) is 0 Å². The lowest BCUT2D eigenvalue weighted by molar-refractivity contribution is 0.415. The molecule has 1 aliphatic carbocycles. The van der Waals surface area contributed by atoms with Gasteiger partial charge in [-0.25, -0.2) is 8.78 Å². The van der Waals surface area contributed by atoms with Crippen molar-refractivity contribution in [1.29, 1.82) is 0 Å². The second kappa shape index (κ2) is 5.41. The van der Waals surface area contributed by atoms with E-state index in [1.54, 1.807) is 0 Å². The molecule has 1 aromatic rings. The summed E-state index contributed by atoms with van der Waals surface area (Å²) in [6.07, 6.45) is 7.36. The van der Waals surface area contributed by atoms with Crippen LogP contribution in [0.15, 0.2) is 30.4 Å². The molecule has 0 saturated carbocycles. The molecule has 0 saturated heterocycles. The zero-order valence-corrected chi connectivity index (χ0v) is 9.92. The second-order valence-corrected chi connectivity index (χ2v) is 4.54. The number of allylic oxidation sites excluding steroid dienone is 1. The van der Waals surface area contributed by atoms with Crippen LogP contribution in [0.5, 0.6) is 0 Å². The number of benzene rings is 1. The van der Waals surface area contributed by atoms with Crippen LogP contribution < -0.4 is 5.32 Å². The van der Waals surface area contributed by atoms with Gasteiger partial charge in [-0.05, 0) is 44.4 Å². The van der Waals surface area contributed by atoms with Gasteiger partial charge in [0.25, 0.3) is 0 Å². The third kappa shape index (κ3) is 3.13. The minimum Gasteiger partial charge on any atom is -0.307 e. The van der Waals surface area contributed by atoms with Crippen molar-refractivity contribution in [3.8, 4) is 0 Å². The Morgan fingerprint density at radius 2 is 2.12 bits per heavy atom. The Bertz CT molecular complexity index is 415. The standard InChI is InChI=1S/C14H17F2N/c1-10(17-12-5-3-2-4-6-12)13-9-11(15)7-8-14(13)16/h2-3,7-10,12,17H,4-6H2,1H3. The van der Waals surface area contributed by atoms with Crippen molar-refractivity contribution in [2.45, 2.75) is 38.3 Å². The Morgan fingerprint density at radius 1 is 1.29 bits per heavy atom. The van der Waals surface area contributed by atoms with Crippen molar-refractivity contribution in [3.63, 3.8) is 0 Å². The molecule has 2 atom stereocenters. The minimum absolute atomic E-state index is 0.165. The monoisotopic (exact) mass is 237 g/mol. The number of nitrogens with one attached hydrogen (secondary N) is 1. The maximum Gasteiger partial charge on any atom is 0.128 e. The molecule has 17 heavy (non-hydrogen) atoms. The van der Waals surface area contributed by atoms with Gasteiger partial charge in [0.05, 0.1) is 0 Å². The van der Waals surface area contributed by atoms with Crippen LogP contribution in [0.2, 0.25) is 0 Å². The average Bonchev–Trinajstić information content (AvgIpc) is 2.33. The van der Waals surface area contributed by atoms with Crippen LogP contribution in [0.1, 0.15) is 37.8 Å². The van der Waals surface area contributed by atoms with Crippen LogP contribution in [-0.4, -0.2) is 6.04 Å². The normalized spacial score (nSPS) is 21.5. The fourth-order valence-electron chi connectivity index (χ4n) is 2.23. The summed E-state index contributed by atoms with van der Waals surface area (Å²) in [5, 5.41) is 3.35. The van der Waals surface area contributed by atoms with Gasteiger partial charge in [0.15, 0.2) is 0 Å². The molecule has 1 N–H and O–H groups in total. The van der Waals surface area contributed by atoms with E-state index in [0.29, 0.717) is 11.6 Å². The first-order valence-corrected chi connectivity index (χ1v) is 6.03. The fourth-order valence-corrected chi connectivity index (χ4v) is 2.23. The van der Waals surface area contributed by atoms with Crippen LogP contribution in [0.3, 0.4) is 0 Å². The van der Waals surface area contributed by atoms with E-state index >= 15 is 0 Å². The Kier molecular flexibility index (Phi) is 3.89. The van der Waals surface area contributed by atoms with Crippen molar-refractivity contribution in [2.24, 2.45) is 0 Å². The predicted molar refractivity (Wildman–Crippen MR) is 64.7 cm³/mol. The van der Waals surface area contributed by atoms with Gasteiger partial charge >= 0.3 is 0 Å². The Morgan fingerprint density at radius 3 is 2.82 bits per heavy atom. The molecule has 1 nitrogen and oxygen atoms in total. The molecule has 0 spiro atoms. The van der Waals surface area contributed by atoms with Crippen molar-refractivity contribution < 1.29 is 8.78 Å². The third-order valence-corrected chi connectivity index (χ3v) is 3.18. The zero-order chi connectivity index (χ0) is 12.3. The van der Waals surface area contributed by atoms with E-state index in [9.17, 15) is 8.78 Å². The number of halogens is 2. The average molecular weight is 237 g/mol. The first-order chi connectivity index (χ1) is 8.16. The first kappa shape index (κ1) is 12.2. The van der Waals surface area contributed by atoms with Crippen LogP contribution >= 0.6 is 0 Å². The summed E-state index contributed by atoms with van der Waals surface area (Å²) in [5.74, 6) is -0.739. The minimum atomic E-state index is -0.390. The summed E-state index contributed by atoms with van der Waals surface area (Å²) in [7, 11) is 0. The molecule has 2 unspecified atom stereocenters. The van der Waals surface area contributed by atoms with Gasteiger partial charge in [0.2, 0.25) is 0 Å². The van der Waals surface area contributed by atoms with Gasteiger partial charge in [-0.1, -0.05) is 12.2 Å². The van der Waals surface area contributed by atoms with E-state index < -0.39 is 5.82 Å². The summed E-state index contributed by atoms with van der Waals surface area (Å²) in [5.41, 5.74) is 0.402. The first-order valence-electron chi connectivity index (χ1n) is 6.03. The van der Waals surface area contributed by atoms with Gasteiger partial charge in [-0.15, -0.1) is 0 Å². The highest BCUT2D eigenvalue weighted by atomic mass is 19.1. The quantitative estimate of drug-likeness (QED) is 0.790. The van der Waals surface area contributed by atoms with Crippen LogP contribution in [-0.2, 0) is 0 Å². The van der Waals surface area contributed by atoms with E-state index in [1.807, 2.05) is 6.92 Å². The molecule has 92 valence electrons. The van der Waals surface area contributed by atoms with Crippen LogP contribution in [0.25, 0.3) is 0 Å². The predicted octanol–water partition coefficient (Wildman–Crippen LogP) is 3.72. The van der Waals surface area contributed by atoms with Gasteiger partial charge in [-0.3, -0.25) is 0 Å².